The van der Waals surface area contributed by atoms with E-state index in [0.29, 0.717) is 41.5 Å². The minimum atomic E-state index is -0.145. The zero-order valence-corrected chi connectivity index (χ0v) is 16.6. The topological polar surface area (TPSA) is 96.3 Å². The van der Waals surface area contributed by atoms with Gasteiger partial charge in [0.1, 0.15) is 0 Å². The second-order valence-electron chi connectivity index (χ2n) is 6.91. The predicted molar refractivity (Wildman–Crippen MR) is 111 cm³/mol. The summed E-state index contributed by atoms with van der Waals surface area (Å²) in [6, 6.07) is 9.58. The molecule has 4 rings (SSSR count). The maximum absolute atomic E-state index is 12.8. The van der Waals surface area contributed by atoms with Crippen LogP contribution in [0.15, 0.2) is 46.9 Å². The van der Waals surface area contributed by atoms with E-state index in [0.717, 1.165) is 12.8 Å². The Hall–Kier alpha value is -3.12. The minimum absolute atomic E-state index is 0.0202. The summed E-state index contributed by atoms with van der Waals surface area (Å²) in [5.74, 6) is 0.720. The number of allylic oxidation sites excluding steroid dienone is 1. The number of aromatic nitrogens is 4. The molecule has 8 nitrogen and oxygen atoms in total. The number of carbonyl (C=O) groups is 1. The SMILES string of the molecule is C=CCn1c(=O)c2ccccc2n2c(SCC(=O)N3CCC(C#N)CC3)nnc12. The van der Waals surface area contributed by atoms with Gasteiger partial charge in [-0.2, -0.15) is 5.26 Å². The third-order valence-electron chi connectivity index (χ3n) is 5.14. The third-order valence-corrected chi connectivity index (χ3v) is 6.06. The van der Waals surface area contributed by atoms with Crippen molar-refractivity contribution >= 4 is 34.3 Å². The Morgan fingerprint density at radius 1 is 1.31 bits per heavy atom. The van der Waals surface area contributed by atoms with Gasteiger partial charge in [0.05, 0.1) is 22.7 Å². The zero-order valence-electron chi connectivity index (χ0n) is 15.8. The molecule has 0 aliphatic carbocycles. The molecule has 1 aromatic carbocycles. The van der Waals surface area contributed by atoms with E-state index in [1.54, 1.807) is 17.0 Å². The Morgan fingerprint density at radius 3 is 2.79 bits per heavy atom. The highest BCUT2D eigenvalue weighted by Gasteiger charge is 2.23. The molecule has 29 heavy (non-hydrogen) atoms. The molecule has 3 aromatic rings. The number of nitriles is 1. The number of nitrogens with zero attached hydrogens (tertiary/aromatic N) is 6. The van der Waals surface area contributed by atoms with E-state index in [9.17, 15) is 9.59 Å². The Kier molecular flexibility index (Phi) is 5.36. The number of likely N-dealkylation sites (tertiary alicyclic amines) is 1. The second-order valence-corrected chi connectivity index (χ2v) is 7.85. The normalized spacial score (nSPS) is 14.9. The van der Waals surface area contributed by atoms with Crippen LogP contribution in [0, 0.1) is 17.2 Å². The average Bonchev–Trinajstić information content (AvgIpc) is 3.19. The summed E-state index contributed by atoms with van der Waals surface area (Å²) in [7, 11) is 0. The standard InChI is InChI=1S/C20H20N6O2S/c1-2-9-25-18(28)15-5-3-4-6-16(15)26-19(25)22-23-20(26)29-13-17(27)24-10-7-14(12-21)8-11-24/h2-6,14H,1,7-11,13H2. The maximum atomic E-state index is 12.8. The molecular formula is C20H20N6O2S. The van der Waals surface area contributed by atoms with E-state index in [2.05, 4.69) is 22.8 Å². The molecule has 0 radical (unpaired) electrons. The molecule has 0 saturated carbocycles. The molecule has 148 valence electrons. The molecule has 1 amide bonds. The first-order valence-electron chi connectivity index (χ1n) is 9.41. The van der Waals surface area contributed by atoms with Crippen molar-refractivity contribution in [2.24, 2.45) is 5.92 Å². The van der Waals surface area contributed by atoms with Gasteiger partial charge in [0.15, 0.2) is 5.16 Å². The van der Waals surface area contributed by atoms with Crippen molar-refractivity contribution in [2.75, 3.05) is 18.8 Å². The van der Waals surface area contributed by atoms with E-state index >= 15 is 0 Å². The monoisotopic (exact) mass is 408 g/mol. The molecule has 1 aliphatic heterocycles. The Morgan fingerprint density at radius 2 is 2.07 bits per heavy atom. The molecule has 3 heterocycles. The van der Waals surface area contributed by atoms with Crippen LogP contribution in [0.3, 0.4) is 0 Å². The fourth-order valence-corrected chi connectivity index (χ4v) is 4.44. The number of piperidine rings is 1. The van der Waals surface area contributed by atoms with Gasteiger partial charge in [-0.1, -0.05) is 30.0 Å². The van der Waals surface area contributed by atoms with Gasteiger partial charge < -0.3 is 4.90 Å². The molecule has 0 bridgehead atoms. The van der Waals surface area contributed by atoms with Crippen molar-refractivity contribution < 1.29 is 4.79 Å². The lowest BCUT2D eigenvalue weighted by molar-refractivity contribution is -0.129. The van der Waals surface area contributed by atoms with E-state index in [1.165, 1.54) is 16.3 Å². The number of hydrogen-bond acceptors (Lipinski definition) is 6. The minimum Gasteiger partial charge on any atom is -0.342 e. The van der Waals surface area contributed by atoms with Crippen LogP contribution in [0.4, 0.5) is 0 Å². The number of benzene rings is 1. The van der Waals surface area contributed by atoms with E-state index in [-0.39, 0.29) is 23.1 Å². The largest absolute Gasteiger partial charge is 0.342 e. The Bertz CT molecular complexity index is 1180. The smallest absolute Gasteiger partial charge is 0.263 e. The fourth-order valence-electron chi connectivity index (χ4n) is 3.60. The quantitative estimate of drug-likeness (QED) is 0.474. The average molecular weight is 408 g/mol. The summed E-state index contributed by atoms with van der Waals surface area (Å²) < 4.78 is 3.35. The van der Waals surface area contributed by atoms with E-state index in [1.807, 2.05) is 22.6 Å². The zero-order chi connectivity index (χ0) is 20.4. The van der Waals surface area contributed by atoms with Gasteiger partial charge in [0.2, 0.25) is 11.7 Å². The highest BCUT2D eigenvalue weighted by molar-refractivity contribution is 7.99. The number of fused-ring (bicyclic) bond motifs is 3. The first-order valence-corrected chi connectivity index (χ1v) is 10.4. The van der Waals surface area contributed by atoms with Crippen LogP contribution in [0.2, 0.25) is 0 Å². The van der Waals surface area contributed by atoms with Crippen LogP contribution in [0.1, 0.15) is 12.8 Å². The first-order chi connectivity index (χ1) is 14.1. The van der Waals surface area contributed by atoms with Crippen LogP contribution in [0.25, 0.3) is 16.7 Å². The third kappa shape index (κ3) is 3.51. The molecule has 0 N–H and O–H groups in total. The van der Waals surface area contributed by atoms with Crippen molar-refractivity contribution in [2.45, 2.75) is 24.5 Å². The number of rotatable bonds is 5. The Labute approximate surface area is 171 Å². The summed E-state index contributed by atoms with van der Waals surface area (Å²) >= 11 is 1.30. The van der Waals surface area contributed by atoms with Crippen LogP contribution < -0.4 is 5.56 Å². The molecule has 0 spiro atoms. The highest BCUT2D eigenvalue weighted by atomic mass is 32.2. The summed E-state index contributed by atoms with van der Waals surface area (Å²) in [4.78, 5) is 27.2. The number of carbonyl (C=O) groups excluding carboxylic acids is 1. The highest BCUT2D eigenvalue weighted by Crippen LogP contribution is 2.23. The summed E-state index contributed by atoms with van der Waals surface area (Å²) in [6.45, 7) is 5.27. The van der Waals surface area contributed by atoms with E-state index in [4.69, 9.17) is 5.26 Å². The fraction of sp³-hybridized carbons (Fsp3) is 0.350. The maximum Gasteiger partial charge on any atom is 0.263 e. The number of amides is 1. The molecular weight excluding hydrogens is 388 g/mol. The van der Waals surface area contributed by atoms with Crippen LogP contribution >= 0.6 is 11.8 Å². The molecule has 9 heteroatoms. The lowest BCUT2D eigenvalue weighted by Gasteiger charge is -2.28. The Balaban J connectivity index is 1.64. The second kappa shape index (κ2) is 8.09. The molecule has 0 unspecified atom stereocenters. The first kappa shape index (κ1) is 19.2. The van der Waals surface area contributed by atoms with Crippen LogP contribution in [0.5, 0.6) is 0 Å². The molecule has 2 aromatic heterocycles. The van der Waals surface area contributed by atoms with Crippen molar-refractivity contribution in [3.05, 3.63) is 47.3 Å². The number of thioether (sulfide) groups is 1. The molecule has 1 fully saturated rings. The summed E-state index contributed by atoms with van der Waals surface area (Å²) in [5, 5.41) is 18.6. The lowest BCUT2D eigenvalue weighted by Crippen LogP contribution is -2.39. The van der Waals surface area contributed by atoms with Crippen molar-refractivity contribution in [1.29, 1.82) is 5.26 Å². The van der Waals surface area contributed by atoms with Crippen LogP contribution in [-0.2, 0) is 11.3 Å². The predicted octanol–water partition coefficient (Wildman–Crippen LogP) is 2.08. The molecule has 1 aliphatic rings. The van der Waals surface area contributed by atoms with Gasteiger partial charge in [-0.15, -0.1) is 16.8 Å². The van der Waals surface area contributed by atoms with Gasteiger partial charge in [-0.05, 0) is 25.0 Å². The van der Waals surface area contributed by atoms with Gasteiger partial charge in [-0.3, -0.25) is 18.6 Å². The van der Waals surface area contributed by atoms with Crippen molar-refractivity contribution in [1.82, 2.24) is 24.1 Å². The van der Waals surface area contributed by atoms with Crippen LogP contribution in [-0.4, -0.2) is 48.8 Å². The van der Waals surface area contributed by atoms with Gasteiger partial charge in [-0.25, -0.2) is 0 Å². The summed E-state index contributed by atoms with van der Waals surface area (Å²) in [5.41, 5.74) is 0.566. The number of hydrogen-bond donors (Lipinski definition) is 0. The summed E-state index contributed by atoms with van der Waals surface area (Å²) in [6.07, 6.45) is 3.09. The van der Waals surface area contributed by atoms with Gasteiger partial charge >= 0.3 is 0 Å². The van der Waals surface area contributed by atoms with Crippen molar-refractivity contribution in [3.63, 3.8) is 0 Å². The van der Waals surface area contributed by atoms with E-state index < -0.39 is 0 Å². The van der Waals surface area contributed by atoms with Gasteiger partial charge in [0.25, 0.3) is 5.56 Å². The molecule has 1 saturated heterocycles. The molecule has 0 atom stereocenters. The van der Waals surface area contributed by atoms with Crippen molar-refractivity contribution in [3.8, 4) is 6.07 Å². The number of para-hydroxylation sites is 1. The van der Waals surface area contributed by atoms with Gasteiger partial charge in [0, 0.05) is 25.6 Å². The lowest BCUT2D eigenvalue weighted by atomic mass is 9.99.